The molecule has 0 aliphatic rings. The largest absolute Gasteiger partial charge is 0.756 e. The Morgan fingerprint density at radius 2 is 1.73 bits per heavy atom. The summed E-state index contributed by atoms with van der Waals surface area (Å²) in [6, 6.07) is -0.481. The first-order chi connectivity index (χ1) is 4.64. The van der Waals surface area contributed by atoms with Gasteiger partial charge < -0.3 is 25.5 Å². The van der Waals surface area contributed by atoms with E-state index in [0.29, 0.717) is 0 Å². The van der Waals surface area contributed by atoms with E-state index in [1.165, 1.54) is 6.92 Å². The zero-order valence-electron chi connectivity index (χ0n) is 5.80. The molecule has 8 heteroatoms. The van der Waals surface area contributed by atoms with Gasteiger partial charge in [0.1, 0.15) is 0 Å². The first-order valence-electron chi connectivity index (χ1n) is 2.47. The Kier molecular flexibility index (Phi) is 6.25. The van der Waals surface area contributed by atoms with Gasteiger partial charge in [0.15, 0.2) is 6.04 Å². The molecule has 0 saturated carbocycles. The minimum absolute atomic E-state index is 0.481. The predicted octanol–water partition coefficient (Wildman–Crippen LogP) is -2.86. The monoisotopic (exact) mass is 187 g/mol. The molecule has 0 rings (SSSR count). The third-order valence-corrected chi connectivity index (χ3v) is 0.422. The Bertz CT molecular complexity index is 153. The number of carbonyl (C=O) groups is 1. The van der Waals surface area contributed by atoms with Gasteiger partial charge in [0.25, 0.3) is 7.82 Å². The molecule has 0 aromatic heterocycles. The molecule has 0 amide bonds. The third kappa shape index (κ3) is 43.3. The molecule has 0 bridgehead atoms. The van der Waals surface area contributed by atoms with Crippen LogP contribution in [0.3, 0.4) is 0 Å². The lowest BCUT2D eigenvalue weighted by Crippen LogP contribution is -2.63. The minimum Gasteiger partial charge on any atom is -0.756 e. The number of hydrogen-bond acceptors (Lipinski definition) is 3. The first-order valence-corrected chi connectivity index (χ1v) is 4.00. The van der Waals surface area contributed by atoms with E-state index in [9.17, 15) is 4.79 Å². The maximum absolute atomic E-state index is 9.64. The quantitative estimate of drug-likeness (QED) is 0.325. The Labute approximate surface area is 62.7 Å². The fourth-order valence-corrected chi connectivity index (χ4v) is 0. The Balaban J connectivity index is 0. The standard InChI is InChI=1S/C3H7NO2.H3O4P/c1-2(4)3(5)6;1-5(2,3)4/h2H,4H2,1H3,(H,5,6);(H3,1,2,3,4)/t2-;/m0./s1. The van der Waals surface area contributed by atoms with Gasteiger partial charge in [-0.25, -0.2) is 4.79 Å². The summed E-state index contributed by atoms with van der Waals surface area (Å²) in [5.74, 6) is -0.852. The molecule has 0 fully saturated rings. The second kappa shape index (κ2) is 5.22. The first kappa shape index (κ1) is 13.2. The van der Waals surface area contributed by atoms with Gasteiger partial charge in [-0.2, -0.15) is 0 Å². The molecule has 0 spiro atoms. The van der Waals surface area contributed by atoms with Crippen molar-refractivity contribution in [2.75, 3.05) is 0 Å². The Morgan fingerprint density at radius 3 is 1.73 bits per heavy atom. The zero-order chi connectivity index (χ0) is 9.65. The number of hydrogen-bond donors (Lipinski definition) is 4. The SMILES string of the molecule is C[C@H]([NH3+])C(=O)O.O=P([O-])(O)O. The average molecular weight is 187 g/mol. The number of carboxylic acid groups (broad SMARTS) is 1. The molecule has 0 aliphatic carbocycles. The minimum atomic E-state index is -4.89. The van der Waals surface area contributed by atoms with Crippen molar-refractivity contribution in [1.29, 1.82) is 0 Å². The summed E-state index contributed by atoms with van der Waals surface area (Å²) < 4.78 is 8.77. The molecular weight excluding hydrogens is 177 g/mol. The van der Waals surface area contributed by atoms with E-state index in [1.54, 1.807) is 0 Å². The molecule has 0 saturated heterocycles. The average Bonchev–Trinajstić information content (AvgIpc) is 1.59. The van der Waals surface area contributed by atoms with E-state index in [0.717, 1.165) is 0 Å². The van der Waals surface area contributed by atoms with Crippen molar-refractivity contribution >= 4 is 13.8 Å². The summed E-state index contributed by atoms with van der Waals surface area (Å²) in [5.41, 5.74) is 3.24. The molecule has 11 heavy (non-hydrogen) atoms. The lowest BCUT2D eigenvalue weighted by molar-refractivity contribution is -0.402. The topological polar surface area (TPSA) is 146 Å². The normalized spacial score (nSPS) is 12.8. The molecule has 1 atom stereocenters. The van der Waals surface area contributed by atoms with Crippen molar-refractivity contribution in [3.8, 4) is 0 Å². The smallest absolute Gasteiger partial charge is 0.362 e. The maximum atomic E-state index is 9.64. The van der Waals surface area contributed by atoms with Crippen molar-refractivity contribution in [3.05, 3.63) is 0 Å². The molecule has 0 aromatic carbocycles. The summed E-state index contributed by atoms with van der Waals surface area (Å²) >= 11 is 0. The summed E-state index contributed by atoms with van der Waals surface area (Å²) in [5, 5.41) is 7.93. The van der Waals surface area contributed by atoms with Crippen molar-refractivity contribution in [1.82, 2.24) is 0 Å². The van der Waals surface area contributed by atoms with Crippen LogP contribution in [0.4, 0.5) is 0 Å². The van der Waals surface area contributed by atoms with E-state index in [-0.39, 0.29) is 0 Å². The van der Waals surface area contributed by atoms with Crippen LogP contribution in [0.5, 0.6) is 0 Å². The molecule has 0 aliphatic heterocycles. The molecule has 0 heterocycles. The molecule has 6 N–H and O–H groups in total. The van der Waals surface area contributed by atoms with Crippen molar-refractivity contribution < 1.29 is 34.9 Å². The zero-order valence-corrected chi connectivity index (χ0v) is 6.69. The number of quaternary nitrogens is 1. The fraction of sp³-hybridized carbons (Fsp3) is 0.667. The fourth-order valence-electron chi connectivity index (χ4n) is 0. The number of carboxylic acids is 1. The number of aliphatic carboxylic acids is 1. The lowest BCUT2D eigenvalue weighted by Gasteiger charge is -2.01. The summed E-state index contributed by atoms with van der Waals surface area (Å²) in [6.07, 6.45) is 0. The van der Waals surface area contributed by atoms with Crippen molar-refractivity contribution in [3.63, 3.8) is 0 Å². The van der Waals surface area contributed by atoms with Gasteiger partial charge in [0.2, 0.25) is 0 Å². The van der Waals surface area contributed by atoms with Gasteiger partial charge in [0.05, 0.1) is 0 Å². The summed E-state index contributed by atoms with van der Waals surface area (Å²) in [4.78, 5) is 32.6. The second-order valence-corrected chi connectivity index (χ2v) is 2.71. The maximum Gasteiger partial charge on any atom is 0.362 e. The predicted molar refractivity (Wildman–Crippen MR) is 32.0 cm³/mol. The van der Waals surface area contributed by atoms with Crippen LogP contribution in [0.1, 0.15) is 6.92 Å². The van der Waals surface area contributed by atoms with Gasteiger partial charge in [-0.3, -0.25) is 4.57 Å². The van der Waals surface area contributed by atoms with Crippen LogP contribution >= 0.6 is 7.82 Å². The van der Waals surface area contributed by atoms with Crippen LogP contribution in [0.15, 0.2) is 0 Å². The lowest BCUT2D eigenvalue weighted by atomic mass is 10.4. The van der Waals surface area contributed by atoms with Crippen molar-refractivity contribution in [2.24, 2.45) is 0 Å². The highest BCUT2D eigenvalue weighted by Gasteiger charge is 2.04. The third-order valence-electron chi connectivity index (χ3n) is 0.422. The Morgan fingerprint density at radius 1 is 1.64 bits per heavy atom. The molecular formula is C3H10NO6P. The molecule has 68 valence electrons. The highest BCUT2D eigenvalue weighted by Crippen LogP contribution is 2.18. The summed E-state index contributed by atoms with van der Waals surface area (Å²) in [7, 11) is -4.89. The molecule has 0 radical (unpaired) electrons. The van der Waals surface area contributed by atoms with E-state index < -0.39 is 19.8 Å². The van der Waals surface area contributed by atoms with Gasteiger partial charge in [-0.1, -0.05) is 0 Å². The van der Waals surface area contributed by atoms with Crippen LogP contribution in [0.25, 0.3) is 0 Å². The highest BCUT2D eigenvalue weighted by molar-refractivity contribution is 7.43. The molecule has 0 unspecified atom stereocenters. The van der Waals surface area contributed by atoms with Gasteiger partial charge >= 0.3 is 5.97 Å². The highest BCUT2D eigenvalue weighted by atomic mass is 31.2. The molecule has 0 aromatic rings. The van der Waals surface area contributed by atoms with Crippen LogP contribution in [-0.4, -0.2) is 26.9 Å². The Hall–Kier alpha value is -0.460. The van der Waals surface area contributed by atoms with Gasteiger partial charge in [-0.15, -0.1) is 0 Å². The number of rotatable bonds is 1. The van der Waals surface area contributed by atoms with E-state index in [4.69, 9.17) is 24.4 Å². The number of phosphoric acid groups is 1. The molecule has 7 nitrogen and oxygen atoms in total. The summed E-state index contributed by atoms with van der Waals surface area (Å²) in [6.45, 7) is 1.53. The van der Waals surface area contributed by atoms with Gasteiger partial charge in [-0.05, 0) is 6.92 Å². The van der Waals surface area contributed by atoms with E-state index >= 15 is 0 Å². The van der Waals surface area contributed by atoms with Crippen molar-refractivity contribution in [2.45, 2.75) is 13.0 Å². The van der Waals surface area contributed by atoms with E-state index in [1.807, 2.05) is 0 Å². The van der Waals surface area contributed by atoms with E-state index in [2.05, 4.69) is 5.73 Å². The second-order valence-electron chi connectivity index (χ2n) is 1.73. The van der Waals surface area contributed by atoms with Crippen LogP contribution in [0.2, 0.25) is 0 Å². The van der Waals surface area contributed by atoms with Crippen LogP contribution in [-0.2, 0) is 9.36 Å². The van der Waals surface area contributed by atoms with Gasteiger partial charge in [0, 0.05) is 0 Å². The van der Waals surface area contributed by atoms with Crippen LogP contribution < -0.4 is 10.6 Å². The van der Waals surface area contributed by atoms with Crippen LogP contribution in [0, 0.1) is 0 Å².